The first-order valence-corrected chi connectivity index (χ1v) is 10.8. The van der Waals surface area contributed by atoms with Crippen molar-refractivity contribution < 1.29 is 8.78 Å². The maximum absolute atomic E-state index is 13.8. The summed E-state index contributed by atoms with van der Waals surface area (Å²) in [6.07, 6.45) is 0. The van der Waals surface area contributed by atoms with Crippen LogP contribution < -0.4 is 4.80 Å². The fourth-order valence-electron chi connectivity index (χ4n) is 2.81. The number of hydrogen-bond donors (Lipinski definition) is 0. The quantitative estimate of drug-likeness (QED) is 0.248. The molecule has 2 nitrogen and oxygen atoms in total. The van der Waals surface area contributed by atoms with Gasteiger partial charge in [-0.05, 0) is 54.6 Å². The van der Waals surface area contributed by atoms with Crippen molar-refractivity contribution in [3.63, 3.8) is 0 Å². The van der Waals surface area contributed by atoms with Gasteiger partial charge in [-0.15, -0.1) is 23.7 Å². The van der Waals surface area contributed by atoms with Gasteiger partial charge in [-0.2, -0.15) is 0 Å². The van der Waals surface area contributed by atoms with Crippen LogP contribution in [0.25, 0.3) is 16.9 Å². The molecule has 10 heteroatoms. The maximum atomic E-state index is 13.8. The molecule has 0 fully saturated rings. The van der Waals surface area contributed by atoms with Crippen LogP contribution in [0.4, 0.5) is 14.5 Å². The second-order valence-corrected chi connectivity index (χ2v) is 8.67. The van der Waals surface area contributed by atoms with Crippen molar-refractivity contribution in [3.05, 3.63) is 96.5 Å². The minimum atomic E-state index is -0.536. The Morgan fingerprint density at radius 2 is 1.45 bits per heavy atom. The molecule has 0 saturated carbocycles. The van der Waals surface area contributed by atoms with Gasteiger partial charge in [0.05, 0.1) is 32.1 Å². The molecule has 0 saturated heterocycles. The smallest absolute Gasteiger partial charge is 0.195 e. The summed E-state index contributed by atoms with van der Waals surface area (Å²) in [4.78, 5) is 5.12. The van der Waals surface area contributed by atoms with Gasteiger partial charge in [0.25, 0.3) is 0 Å². The van der Waals surface area contributed by atoms with E-state index < -0.39 is 11.6 Å². The van der Waals surface area contributed by atoms with Crippen molar-refractivity contribution in [2.24, 2.45) is 4.99 Å². The van der Waals surface area contributed by atoms with Gasteiger partial charge in [0.15, 0.2) is 4.80 Å². The number of aromatic nitrogens is 1. The topological polar surface area (TPSA) is 17.3 Å². The molecule has 0 spiro atoms. The van der Waals surface area contributed by atoms with Crippen molar-refractivity contribution >= 4 is 75.8 Å². The first-order chi connectivity index (χ1) is 14.3. The summed E-state index contributed by atoms with van der Waals surface area (Å²) in [5.41, 5.74) is 2.45. The molecule has 1 heterocycles. The molecule has 4 aromatic rings. The third kappa shape index (κ3) is 5.08. The van der Waals surface area contributed by atoms with Gasteiger partial charge < -0.3 is 0 Å². The third-order valence-corrected chi connectivity index (χ3v) is 6.16. The van der Waals surface area contributed by atoms with E-state index in [-0.39, 0.29) is 22.5 Å². The number of benzene rings is 3. The highest BCUT2D eigenvalue weighted by atomic mass is 35.5. The van der Waals surface area contributed by atoms with Gasteiger partial charge in [-0.1, -0.05) is 46.4 Å². The van der Waals surface area contributed by atoms with Crippen LogP contribution in [0.2, 0.25) is 20.1 Å². The second kappa shape index (κ2) is 9.90. The Balaban J connectivity index is 0.00000272. The minimum absolute atomic E-state index is 0. The molecule has 0 radical (unpaired) electrons. The predicted molar refractivity (Wildman–Crippen MR) is 128 cm³/mol. The molecule has 0 amide bonds. The Hall–Kier alpha value is -1.60. The van der Waals surface area contributed by atoms with Crippen molar-refractivity contribution in [2.75, 3.05) is 0 Å². The molecule has 0 aliphatic rings. The molecular formula is C21H11Cl5F2N2S. The molecule has 0 aliphatic heterocycles. The van der Waals surface area contributed by atoms with Crippen LogP contribution in [0, 0.1) is 11.6 Å². The Labute approximate surface area is 206 Å². The van der Waals surface area contributed by atoms with Crippen LogP contribution in [0.3, 0.4) is 0 Å². The van der Waals surface area contributed by atoms with Crippen molar-refractivity contribution in [2.45, 2.75) is 0 Å². The molecule has 0 N–H and O–H groups in total. The molecule has 1 aromatic heterocycles. The van der Waals surface area contributed by atoms with Gasteiger partial charge in [0, 0.05) is 16.0 Å². The summed E-state index contributed by atoms with van der Waals surface area (Å²) in [7, 11) is 0. The van der Waals surface area contributed by atoms with Crippen molar-refractivity contribution in [1.29, 1.82) is 0 Å². The fourth-order valence-corrected chi connectivity index (χ4v) is 4.58. The first kappa shape index (κ1) is 24.1. The number of rotatable bonds is 3. The van der Waals surface area contributed by atoms with Crippen LogP contribution in [0.1, 0.15) is 0 Å². The molecule has 0 atom stereocenters. The number of nitrogens with zero attached hydrogens (tertiary/aromatic N) is 2. The monoisotopic (exact) mass is 536 g/mol. The van der Waals surface area contributed by atoms with E-state index in [4.69, 9.17) is 46.4 Å². The van der Waals surface area contributed by atoms with Crippen LogP contribution in [-0.4, -0.2) is 4.57 Å². The zero-order valence-corrected chi connectivity index (χ0v) is 19.9. The van der Waals surface area contributed by atoms with E-state index >= 15 is 0 Å². The average Bonchev–Trinajstić information content (AvgIpc) is 3.10. The lowest BCUT2D eigenvalue weighted by Crippen LogP contribution is -2.14. The third-order valence-electron chi connectivity index (χ3n) is 4.20. The highest BCUT2D eigenvalue weighted by Crippen LogP contribution is 2.33. The van der Waals surface area contributed by atoms with Crippen LogP contribution in [0.5, 0.6) is 0 Å². The summed E-state index contributed by atoms with van der Waals surface area (Å²) < 4.78 is 29.0. The van der Waals surface area contributed by atoms with Crippen LogP contribution in [0.15, 0.2) is 65.0 Å². The second-order valence-electron chi connectivity index (χ2n) is 6.17. The maximum Gasteiger partial charge on any atom is 0.195 e. The summed E-state index contributed by atoms with van der Waals surface area (Å²) in [6, 6.07) is 13.7. The van der Waals surface area contributed by atoms with E-state index in [9.17, 15) is 8.78 Å². The Kier molecular flexibility index (Phi) is 7.68. The van der Waals surface area contributed by atoms with E-state index in [0.29, 0.717) is 37.5 Å². The summed E-state index contributed by atoms with van der Waals surface area (Å²) in [6.45, 7) is 0. The van der Waals surface area contributed by atoms with Gasteiger partial charge in [0.2, 0.25) is 0 Å². The lowest BCUT2D eigenvalue weighted by molar-refractivity contribution is 0.627. The fraction of sp³-hybridized carbons (Fsp3) is 0. The van der Waals surface area contributed by atoms with Crippen molar-refractivity contribution in [3.8, 4) is 16.9 Å². The van der Waals surface area contributed by atoms with E-state index in [0.717, 1.165) is 0 Å². The van der Waals surface area contributed by atoms with E-state index in [1.165, 1.54) is 41.7 Å². The van der Waals surface area contributed by atoms with Gasteiger partial charge in [-0.25, -0.2) is 13.8 Å². The van der Waals surface area contributed by atoms with E-state index in [1.807, 2.05) is 5.38 Å². The van der Waals surface area contributed by atoms with E-state index in [2.05, 4.69) is 4.99 Å². The SMILES string of the molecule is Cl.Fc1ccc(N=c2scc(-c3ccc(Cl)cc3Cl)n2-c2ccc(F)c(Cl)c2)cc1Cl. The van der Waals surface area contributed by atoms with E-state index in [1.54, 1.807) is 28.8 Å². The number of thiazole rings is 1. The summed E-state index contributed by atoms with van der Waals surface area (Å²) >= 11 is 25.7. The largest absolute Gasteiger partial charge is 0.285 e. The molecule has 0 bridgehead atoms. The van der Waals surface area contributed by atoms with Crippen LogP contribution in [-0.2, 0) is 0 Å². The minimum Gasteiger partial charge on any atom is -0.285 e. The molecular weight excluding hydrogens is 528 g/mol. The lowest BCUT2D eigenvalue weighted by Gasteiger charge is -2.11. The normalized spacial score (nSPS) is 11.5. The molecule has 31 heavy (non-hydrogen) atoms. The zero-order valence-electron chi connectivity index (χ0n) is 15.3. The van der Waals surface area contributed by atoms with Crippen molar-refractivity contribution in [1.82, 2.24) is 4.57 Å². The average molecular weight is 539 g/mol. The standard InChI is InChI=1S/C21H10Cl4F2N2S.ClH/c22-11-1-4-14(15(23)7-11)20-10-30-21(28-12-2-5-18(26)16(24)8-12)29(20)13-3-6-19(27)17(25)9-13;/h1-10H;1H. The molecule has 0 unspecified atom stereocenters. The molecule has 160 valence electrons. The van der Waals surface area contributed by atoms with Gasteiger partial charge in [0.1, 0.15) is 11.6 Å². The molecule has 0 aliphatic carbocycles. The first-order valence-electron chi connectivity index (χ1n) is 8.44. The Morgan fingerprint density at radius 3 is 2.10 bits per heavy atom. The zero-order chi connectivity index (χ0) is 21.4. The number of halogens is 7. The molecule has 3 aromatic carbocycles. The lowest BCUT2D eigenvalue weighted by atomic mass is 10.1. The van der Waals surface area contributed by atoms with Gasteiger partial charge in [-0.3, -0.25) is 4.57 Å². The number of hydrogen-bond acceptors (Lipinski definition) is 2. The summed E-state index contributed by atoms with van der Waals surface area (Å²) in [5, 5.41) is 2.73. The van der Waals surface area contributed by atoms with Crippen LogP contribution >= 0.6 is 70.1 Å². The Morgan fingerprint density at radius 1 is 0.774 bits per heavy atom. The summed E-state index contributed by atoms with van der Waals surface area (Å²) in [5.74, 6) is -1.07. The Bertz CT molecular complexity index is 1330. The highest BCUT2D eigenvalue weighted by Gasteiger charge is 2.15. The highest BCUT2D eigenvalue weighted by molar-refractivity contribution is 7.07. The predicted octanol–water partition coefficient (Wildman–Crippen LogP) is 8.75. The van der Waals surface area contributed by atoms with Gasteiger partial charge >= 0.3 is 0 Å². The molecule has 4 rings (SSSR count).